The van der Waals surface area contributed by atoms with Crippen molar-refractivity contribution in [3.05, 3.63) is 35.4 Å². The van der Waals surface area contributed by atoms with E-state index in [9.17, 15) is 13.2 Å². The second-order valence-electron chi connectivity index (χ2n) is 4.59. The van der Waals surface area contributed by atoms with E-state index in [4.69, 9.17) is 0 Å². The van der Waals surface area contributed by atoms with Crippen molar-refractivity contribution >= 4 is 32.4 Å². The number of benzene rings is 1. The average Bonchev–Trinajstić information content (AvgIpc) is 2.94. The van der Waals surface area contributed by atoms with Gasteiger partial charge in [0.15, 0.2) is 0 Å². The Labute approximate surface area is 132 Å². The number of amides is 1. The summed E-state index contributed by atoms with van der Waals surface area (Å²) >= 11 is 0.817. The second kappa shape index (κ2) is 6.95. The van der Waals surface area contributed by atoms with Gasteiger partial charge in [-0.3, -0.25) is 4.79 Å². The van der Waals surface area contributed by atoms with Crippen molar-refractivity contribution in [2.75, 3.05) is 5.32 Å². The fourth-order valence-electron chi connectivity index (χ4n) is 1.64. The predicted octanol–water partition coefficient (Wildman–Crippen LogP) is 1.67. The van der Waals surface area contributed by atoms with Gasteiger partial charge in [-0.15, -0.1) is 10.2 Å². The molecule has 2 N–H and O–H groups in total. The number of aromatic nitrogens is 2. The molecule has 0 fully saturated rings. The smallest absolute Gasteiger partial charge is 0.270 e. The molecule has 22 heavy (non-hydrogen) atoms. The Morgan fingerprint density at radius 3 is 2.77 bits per heavy atom. The lowest BCUT2D eigenvalue weighted by molar-refractivity contribution is -0.115. The van der Waals surface area contributed by atoms with E-state index in [2.05, 4.69) is 20.2 Å². The van der Waals surface area contributed by atoms with Gasteiger partial charge in [0.2, 0.25) is 15.4 Å². The zero-order valence-electron chi connectivity index (χ0n) is 12.2. The SMILES string of the molecule is CCC(=O)Nc1nnc(S(=O)(=O)NCc2cccc(C)c2)s1. The molecule has 0 atom stereocenters. The highest BCUT2D eigenvalue weighted by molar-refractivity contribution is 7.91. The summed E-state index contributed by atoms with van der Waals surface area (Å²) in [5, 5.41) is 9.91. The van der Waals surface area contributed by atoms with Crippen LogP contribution in [0.25, 0.3) is 0 Å². The molecule has 0 bridgehead atoms. The average molecular weight is 340 g/mol. The van der Waals surface area contributed by atoms with Crippen LogP contribution in [-0.4, -0.2) is 24.5 Å². The van der Waals surface area contributed by atoms with Crippen LogP contribution in [0.5, 0.6) is 0 Å². The van der Waals surface area contributed by atoms with E-state index in [1.165, 1.54) is 0 Å². The molecule has 0 aliphatic heterocycles. The monoisotopic (exact) mass is 340 g/mol. The van der Waals surface area contributed by atoms with E-state index in [0.29, 0.717) is 0 Å². The number of hydrogen-bond acceptors (Lipinski definition) is 6. The quantitative estimate of drug-likeness (QED) is 0.779. The molecule has 1 amide bonds. The fourth-order valence-corrected chi connectivity index (χ4v) is 3.61. The molecular weight excluding hydrogens is 324 g/mol. The van der Waals surface area contributed by atoms with Gasteiger partial charge in [-0.1, -0.05) is 48.1 Å². The van der Waals surface area contributed by atoms with Crippen LogP contribution in [0, 0.1) is 6.92 Å². The van der Waals surface area contributed by atoms with Gasteiger partial charge in [0.05, 0.1) is 0 Å². The van der Waals surface area contributed by atoms with Crippen molar-refractivity contribution in [1.82, 2.24) is 14.9 Å². The summed E-state index contributed by atoms with van der Waals surface area (Å²) in [6.07, 6.45) is 0.285. The van der Waals surface area contributed by atoms with E-state index in [0.717, 1.165) is 22.5 Å². The third-order valence-electron chi connectivity index (χ3n) is 2.75. The van der Waals surface area contributed by atoms with Crippen LogP contribution < -0.4 is 10.0 Å². The van der Waals surface area contributed by atoms with E-state index in [-0.39, 0.29) is 28.3 Å². The maximum Gasteiger partial charge on any atom is 0.270 e. The summed E-state index contributed by atoms with van der Waals surface area (Å²) in [7, 11) is -3.75. The number of hydrogen-bond donors (Lipinski definition) is 2. The Hall–Kier alpha value is -1.84. The molecule has 1 aromatic carbocycles. The number of nitrogens with one attached hydrogen (secondary N) is 2. The van der Waals surface area contributed by atoms with Crippen LogP contribution in [0.1, 0.15) is 24.5 Å². The van der Waals surface area contributed by atoms with Crippen LogP contribution in [0.2, 0.25) is 0 Å². The zero-order chi connectivity index (χ0) is 16.2. The highest BCUT2D eigenvalue weighted by Gasteiger charge is 2.20. The zero-order valence-corrected chi connectivity index (χ0v) is 13.8. The van der Waals surface area contributed by atoms with E-state index >= 15 is 0 Å². The molecule has 118 valence electrons. The summed E-state index contributed by atoms with van der Waals surface area (Å²) < 4.78 is 26.6. The minimum Gasteiger partial charge on any atom is -0.301 e. The summed E-state index contributed by atoms with van der Waals surface area (Å²) in [4.78, 5) is 11.2. The molecule has 0 radical (unpaired) electrons. The summed E-state index contributed by atoms with van der Waals surface area (Å²) in [5.74, 6) is -0.243. The molecular formula is C13H16N4O3S2. The minimum atomic E-state index is -3.75. The van der Waals surface area contributed by atoms with Crippen molar-refractivity contribution < 1.29 is 13.2 Å². The standard InChI is InChI=1S/C13H16N4O3S2/c1-3-11(18)15-12-16-17-13(21-12)22(19,20)14-8-10-6-4-5-9(2)7-10/h4-7,14H,3,8H2,1-2H3,(H,15,16,18). The van der Waals surface area contributed by atoms with Crippen LogP contribution in [-0.2, 0) is 21.4 Å². The Bertz CT molecular complexity index is 771. The van der Waals surface area contributed by atoms with Gasteiger partial charge in [0.1, 0.15) is 0 Å². The second-order valence-corrected chi connectivity index (χ2v) is 7.51. The maximum atomic E-state index is 12.1. The van der Waals surface area contributed by atoms with Crippen molar-refractivity contribution in [2.24, 2.45) is 0 Å². The van der Waals surface area contributed by atoms with Crippen LogP contribution >= 0.6 is 11.3 Å². The van der Waals surface area contributed by atoms with Crippen molar-refractivity contribution in [3.8, 4) is 0 Å². The van der Waals surface area contributed by atoms with Crippen molar-refractivity contribution in [1.29, 1.82) is 0 Å². The van der Waals surface area contributed by atoms with Crippen LogP contribution in [0.15, 0.2) is 28.6 Å². The Morgan fingerprint density at radius 2 is 2.09 bits per heavy atom. The molecule has 2 aromatic rings. The topological polar surface area (TPSA) is 101 Å². The van der Waals surface area contributed by atoms with Gasteiger partial charge in [0, 0.05) is 13.0 Å². The highest BCUT2D eigenvalue weighted by atomic mass is 32.2. The van der Waals surface area contributed by atoms with Gasteiger partial charge in [0.25, 0.3) is 10.0 Å². The molecule has 0 aliphatic rings. The highest BCUT2D eigenvalue weighted by Crippen LogP contribution is 2.20. The van der Waals surface area contributed by atoms with Crippen molar-refractivity contribution in [2.45, 2.75) is 31.2 Å². The molecule has 2 rings (SSSR count). The number of sulfonamides is 1. The van der Waals surface area contributed by atoms with Crippen LogP contribution in [0.3, 0.4) is 0 Å². The summed E-state index contributed by atoms with van der Waals surface area (Å²) in [6, 6.07) is 7.53. The van der Waals surface area contributed by atoms with E-state index in [1.807, 2.05) is 31.2 Å². The largest absolute Gasteiger partial charge is 0.301 e. The Balaban J connectivity index is 2.05. The van der Waals surface area contributed by atoms with Gasteiger partial charge in [-0.2, -0.15) is 0 Å². The van der Waals surface area contributed by atoms with Crippen molar-refractivity contribution in [3.63, 3.8) is 0 Å². The predicted molar refractivity (Wildman–Crippen MR) is 84.0 cm³/mol. The fraction of sp³-hybridized carbons (Fsp3) is 0.308. The van der Waals surface area contributed by atoms with Gasteiger partial charge in [-0.05, 0) is 12.5 Å². The molecule has 0 saturated carbocycles. The van der Waals surface area contributed by atoms with Gasteiger partial charge >= 0.3 is 0 Å². The van der Waals surface area contributed by atoms with Gasteiger partial charge < -0.3 is 5.32 Å². The molecule has 1 heterocycles. The summed E-state index contributed by atoms with van der Waals surface area (Å²) in [6.45, 7) is 3.79. The normalized spacial score (nSPS) is 11.4. The lowest BCUT2D eigenvalue weighted by Gasteiger charge is -2.04. The molecule has 0 saturated heterocycles. The van der Waals surface area contributed by atoms with Crippen LogP contribution in [0.4, 0.5) is 5.13 Å². The molecule has 7 nitrogen and oxygen atoms in total. The Kier molecular flexibility index (Phi) is 5.22. The maximum absolute atomic E-state index is 12.1. The first-order valence-corrected chi connectivity index (χ1v) is 8.89. The lowest BCUT2D eigenvalue weighted by atomic mass is 10.1. The number of nitrogens with zero attached hydrogens (tertiary/aromatic N) is 2. The molecule has 0 unspecified atom stereocenters. The Morgan fingerprint density at radius 1 is 1.32 bits per heavy atom. The first-order valence-electron chi connectivity index (χ1n) is 6.59. The van der Waals surface area contributed by atoms with E-state index < -0.39 is 10.0 Å². The number of carbonyl (C=O) groups excluding carboxylic acids is 1. The molecule has 0 spiro atoms. The first kappa shape index (κ1) is 16.5. The number of carbonyl (C=O) groups is 1. The minimum absolute atomic E-state index is 0.167. The first-order chi connectivity index (χ1) is 10.4. The number of rotatable bonds is 6. The van der Waals surface area contributed by atoms with E-state index in [1.54, 1.807) is 6.92 Å². The molecule has 1 aromatic heterocycles. The molecule has 0 aliphatic carbocycles. The lowest BCUT2D eigenvalue weighted by Crippen LogP contribution is -2.23. The third kappa shape index (κ3) is 4.33. The summed E-state index contributed by atoms with van der Waals surface area (Å²) in [5.41, 5.74) is 1.91. The third-order valence-corrected chi connectivity index (χ3v) is 5.36. The molecule has 9 heteroatoms. The number of anilines is 1. The number of aryl methyl sites for hydroxylation is 1. The van der Waals surface area contributed by atoms with Gasteiger partial charge in [-0.25, -0.2) is 13.1 Å².